The van der Waals surface area contributed by atoms with Gasteiger partial charge in [-0.3, -0.25) is 4.79 Å². The van der Waals surface area contributed by atoms with E-state index in [1.807, 2.05) is 13.8 Å². The third kappa shape index (κ3) is 4.58. The zero-order valence-corrected chi connectivity index (χ0v) is 9.41. The fourth-order valence-corrected chi connectivity index (χ4v) is 1.05. The SMILES string of the molecule is CCOC(=O)C(C)C(OCC)OCC. The van der Waals surface area contributed by atoms with E-state index in [1.165, 1.54) is 0 Å². The highest BCUT2D eigenvalue weighted by molar-refractivity contribution is 5.72. The zero-order chi connectivity index (χ0) is 11.0. The summed E-state index contributed by atoms with van der Waals surface area (Å²) in [4.78, 5) is 11.4. The van der Waals surface area contributed by atoms with Crippen molar-refractivity contribution in [1.82, 2.24) is 0 Å². The van der Waals surface area contributed by atoms with E-state index in [0.717, 1.165) is 0 Å². The van der Waals surface area contributed by atoms with Crippen LogP contribution >= 0.6 is 0 Å². The fraction of sp³-hybridized carbons (Fsp3) is 0.900. The second-order valence-corrected chi connectivity index (χ2v) is 2.82. The fourth-order valence-electron chi connectivity index (χ4n) is 1.05. The van der Waals surface area contributed by atoms with E-state index >= 15 is 0 Å². The minimum Gasteiger partial charge on any atom is -0.466 e. The Morgan fingerprint density at radius 2 is 1.57 bits per heavy atom. The standard InChI is InChI=1S/C10H20O4/c1-5-12-9(11)8(4)10(13-6-2)14-7-3/h8,10H,5-7H2,1-4H3. The van der Waals surface area contributed by atoms with Gasteiger partial charge in [-0.05, 0) is 27.7 Å². The molecule has 0 rings (SSSR count). The van der Waals surface area contributed by atoms with Crippen molar-refractivity contribution >= 4 is 5.97 Å². The Morgan fingerprint density at radius 3 is 1.93 bits per heavy atom. The Balaban J connectivity index is 4.11. The van der Waals surface area contributed by atoms with Gasteiger partial charge in [-0.25, -0.2) is 0 Å². The maximum Gasteiger partial charge on any atom is 0.313 e. The summed E-state index contributed by atoms with van der Waals surface area (Å²) in [5.41, 5.74) is 0. The molecule has 0 heterocycles. The highest BCUT2D eigenvalue weighted by Crippen LogP contribution is 2.11. The van der Waals surface area contributed by atoms with Crippen LogP contribution in [0.15, 0.2) is 0 Å². The molecule has 4 heteroatoms. The molecule has 0 aliphatic rings. The zero-order valence-electron chi connectivity index (χ0n) is 9.41. The Labute approximate surface area is 85.5 Å². The van der Waals surface area contributed by atoms with Crippen molar-refractivity contribution in [2.24, 2.45) is 5.92 Å². The molecule has 0 aromatic heterocycles. The maximum atomic E-state index is 11.4. The van der Waals surface area contributed by atoms with Crippen LogP contribution in [-0.2, 0) is 19.0 Å². The third-order valence-corrected chi connectivity index (χ3v) is 1.73. The molecule has 0 saturated carbocycles. The van der Waals surface area contributed by atoms with Crippen LogP contribution in [-0.4, -0.2) is 32.1 Å². The van der Waals surface area contributed by atoms with Gasteiger partial charge in [0, 0.05) is 13.2 Å². The monoisotopic (exact) mass is 204 g/mol. The number of carbonyl (C=O) groups excluding carboxylic acids is 1. The van der Waals surface area contributed by atoms with Gasteiger partial charge >= 0.3 is 5.97 Å². The van der Waals surface area contributed by atoms with Crippen molar-refractivity contribution in [3.8, 4) is 0 Å². The van der Waals surface area contributed by atoms with Crippen LogP contribution in [0.25, 0.3) is 0 Å². The average molecular weight is 204 g/mol. The van der Waals surface area contributed by atoms with Crippen LogP contribution in [0.3, 0.4) is 0 Å². The van der Waals surface area contributed by atoms with Gasteiger partial charge in [0.15, 0.2) is 6.29 Å². The lowest BCUT2D eigenvalue weighted by Gasteiger charge is -2.21. The highest BCUT2D eigenvalue weighted by atomic mass is 16.7. The Hall–Kier alpha value is -0.610. The van der Waals surface area contributed by atoms with Gasteiger partial charge in [0.25, 0.3) is 0 Å². The van der Waals surface area contributed by atoms with Gasteiger partial charge < -0.3 is 14.2 Å². The molecule has 0 aliphatic carbocycles. The molecule has 1 atom stereocenters. The largest absolute Gasteiger partial charge is 0.466 e. The molecule has 0 spiro atoms. The predicted octanol–water partition coefficient (Wildman–Crippen LogP) is 1.58. The van der Waals surface area contributed by atoms with Crippen LogP contribution in [0.4, 0.5) is 0 Å². The second kappa shape index (κ2) is 7.76. The van der Waals surface area contributed by atoms with Crippen LogP contribution in [0, 0.1) is 5.92 Å². The minimum atomic E-state index is -0.496. The lowest BCUT2D eigenvalue weighted by Crippen LogP contribution is -2.32. The number of esters is 1. The second-order valence-electron chi connectivity index (χ2n) is 2.82. The van der Waals surface area contributed by atoms with Gasteiger partial charge in [-0.2, -0.15) is 0 Å². The summed E-state index contributed by atoms with van der Waals surface area (Å²) in [6, 6.07) is 0. The summed E-state index contributed by atoms with van der Waals surface area (Å²) in [5, 5.41) is 0. The summed E-state index contributed by atoms with van der Waals surface area (Å²) in [6.45, 7) is 8.68. The molecule has 84 valence electrons. The molecular formula is C10H20O4. The normalized spacial score (nSPS) is 12.9. The lowest BCUT2D eigenvalue weighted by molar-refractivity contribution is -0.186. The molecule has 0 bridgehead atoms. The quantitative estimate of drug-likeness (QED) is 0.466. The maximum absolute atomic E-state index is 11.4. The number of hydrogen-bond donors (Lipinski definition) is 0. The first-order valence-electron chi connectivity index (χ1n) is 5.07. The van der Waals surface area contributed by atoms with Crippen molar-refractivity contribution in [1.29, 1.82) is 0 Å². The highest BCUT2D eigenvalue weighted by Gasteiger charge is 2.25. The summed E-state index contributed by atoms with van der Waals surface area (Å²) in [7, 11) is 0. The average Bonchev–Trinajstić information content (AvgIpc) is 2.17. The van der Waals surface area contributed by atoms with Crippen molar-refractivity contribution in [3.05, 3.63) is 0 Å². The van der Waals surface area contributed by atoms with Crippen molar-refractivity contribution in [3.63, 3.8) is 0 Å². The summed E-state index contributed by atoms with van der Waals surface area (Å²) in [6.07, 6.45) is -0.496. The van der Waals surface area contributed by atoms with E-state index in [2.05, 4.69) is 0 Å². The molecule has 0 aromatic carbocycles. The third-order valence-electron chi connectivity index (χ3n) is 1.73. The van der Waals surface area contributed by atoms with E-state index < -0.39 is 6.29 Å². The predicted molar refractivity (Wildman–Crippen MR) is 52.8 cm³/mol. The van der Waals surface area contributed by atoms with Crippen LogP contribution in [0.1, 0.15) is 27.7 Å². The molecule has 0 N–H and O–H groups in total. The van der Waals surface area contributed by atoms with E-state index in [-0.39, 0.29) is 11.9 Å². The number of hydrogen-bond acceptors (Lipinski definition) is 4. The van der Waals surface area contributed by atoms with E-state index in [4.69, 9.17) is 14.2 Å². The van der Waals surface area contributed by atoms with Crippen molar-refractivity contribution in [2.75, 3.05) is 19.8 Å². The molecule has 0 amide bonds. The lowest BCUT2D eigenvalue weighted by atomic mass is 10.2. The van der Waals surface area contributed by atoms with Gasteiger partial charge in [-0.1, -0.05) is 0 Å². The molecule has 1 unspecified atom stereocenters. The first-order valence-corrected chi connectivity index (χ1v) is 5.07. The topological polar surface area (TPSA) is 44.8 Å². The number of ether oxygens (including phenoxy) is 3. The molecule has 0 radical (unpaired) electrons. The van der Waals surface area contributed by atoms with Crippen LogP contribution in [0.2, 0.25) is 0 Å². The summed E-state index contributed by atoms with van der Waals surface area (Å²) in [5.74, 6) is -0.658. The number of carbonyl (C=O) groups is 1. The van der Waals surface area contributed by atoms with Gasteiger partial charge in [0.2, 0.25) is 0 Å². The summed E-state index contributed by atoms with van der Waals surface area (Å²) >= 11 is 0. The van der Waals surface area contributed by atoms with E-state index in [0.29, 0.717) is 19.8 Å². The molecule has 14 heavy (non-hydrogen) atoms. The van der Waals surface area contributed by atoms with Crippen LogP contribution in [0.5, 0.6) is 0 Å². The molecular weight excluding hydrogens is 184 g/mol. The Bertz CT molecular complexity index is 152. The van der Waals surface area contributed by atoms with Crippen molar-refractivity contribution < 1.29 is 19.0 Å². The minimum absolute atomic E-state index is 0.278. The van der Waals surface area contributed by atoms with E-state index in [1.54, 1.807) is 13.8 Å². The first kappa shape index (κ1) is 13.4. The van der Waals surface area contributed by atoms with Gasteiger partial charge in [-0.15, -0.1) is 0 Å². The van der Waals surface area contributed by atoms with Crippen molar-refractivity contribution in [2.45, 2.75) is 34.0 Å². The van der Waals surface area contributed by atoms with E-state index in [9.17, 15) is 4.79 Å². The Morgan fingerprint density at radius 1 is 1.07 bits per heavy atom. The summed E-state index contributed by atoms with van der Waals surface area (Å²) < 4.78 is 15.5. The van der Waals surface area contributed by atoms with Crippen LogP contribution < -0.4 is 0 Å². The molecule has 4 nitrogen and oxygen atoms in total. The molecule has 0 aromatic rings. The number of rotatable bonds is 7. The first-order chi connectivity index (χ1) is 6.67. The smallest absolute Gasteiger partial charge is 0.313 e. The van der Waals surface area contributed by atoms with Gasteiger partial charge in [0.05, 0.1) is 6.61 Å². The molecule has 0 saturated heterocycles. The van der Waals surface area contributed by atoms with Gasteiger partial charge in [0.1, 0.15) is 5.92 Å². The Kier molecular flexibility index (Phi) is 7.42. The molecule has 0 fully saturated rings. The molecule has 0 aliphatic heterocycles.